The molecule has 0 unspecified atom stereocenters. The van der Waals surface area contributed by atoms with Crippen molar-refractivity contribution < 1.29 is 5.11 Å². The summed E-state index contributed by atoms with van der Waals surface area (Å²) in [5, 5.41) is 13.5. The van der Waals surface area contributed by atoms with Gasteiger partial charge in [0.2, 0.25) is 0 Å². The molecular weight excluding hydrogens is 344 g/mol. The molecule has 22 heavy (non-hydrogen) atoms. The van der Waals surface area contributed by atoms with E-state index in [4.69, 9.17) is 5.11 Å². The fourth-order valence-corrected chi connectivity index (χ4v) is 3.21. The maximum atomic E-state index is 9.10. The Hall–Kier alpha value is -1.79. The Morgan fingerprint density at radius 3 is 2.91 bits per heavy atom. The zero-order chi connectivity index (χ0) is 15.1. The Morgan fingerprint density at radius 2 is 2.09 bits per heavy atom. The van der Waals surface area contributed by atoms with Gasteiger partial charge in [-0.15, -0.1) is 0 Å². The molecule has 3 aromatic rings. The summed E-state index contributed by atoms with van der Waals surface area (Å²) in [4.78, 5) is 9.13. The summed E-state index contributed by atoms with van der Waals surface area (Å²) >= 11 is 3.44. The van der Waals surface area contributed by atoms with Gasteiger partial charge in [-0.3, -0.25) is 9.67 Å². The van der Waals surface area contributed by atoms with E-state index in [0.717, 1.165) is 39.6 Å². The van der Waals surface area contributed by atoms with Crippen LogP contribution in [0.1, 0.15) is 18.9 Å². The first-order valence-corrected chi connectivity index (χ1v) is 8.10. The maximum Gasteiger partial charge on any atom is 0.0924 e. The van der Waals surface area contributed by atoms with Crippen molar-refractivity contribution in [3.05, 3.63) is 41.3 Å². The SMILES string of the molecule is OCC1CC(n2cc(-c3cnc4cc(Br)ccc4n3)cn2)C1. The van der Waals surface area contributed by atoms with Crippen LogP contribution in [-0.4, -0.2) is 31.5 Å². The molecule has 1 aliphatic rings. The highest BCUT2D eigenvalue weighted by molar-refractivity contribution is 9.10. The Bertz CT molecular complexity index is 826. The predicted octanol–water partition coefficient (Wildman–Crippen LogP) is 3.20. The number of rotatable bonds is 3. The van der Waals surface area contributed by atoms with E-state index >= 15 is 0 Å². The van der Waals surface area contributed by atoms with Crippen LogP contribution >= 0.6 is 15.9 Å². The number of benzene rings is 1. The van der Waals surface area contributed by atoms with Gasteiger partial charge in [0, 0.05) is 22.8 Å². The lowest BCUT2D eigenvalue weighted by Crippen LogP contribution is -2.29. The molecule has 0 bridgehead atoms. The molecule has 1 fully saturated rings. The normalized spacial score (nSPS) is 21.0. The van der Waals surface area contributed by atoms with Crippen molar-refractivity contribution in [3.63, 3.8) is 0 Å². The van der Waals surface area contributed by atoms with E-state index in [1.807, 2.05) is 35.3 Å². The minimum Gasteiger partial charge on any atom is -0.396 e. The van der Waals surface area contributed by atoms with Gasteiger partial charge in [0.05, 0.1) is 35.2 Å². The Kier molecular flexibility index (Phi) is 3.43. The predicted molar refractivity (Wildman–Crippen MR) is 87.3 cm³/mol. The molecule has 0 aliphatic heterocycles. The van der Waals surface area contributed by atoms with E-state index in [-0.39, 0.29) is 6.61 Å². The quantitative estimate of drug-likeness (QED) is 0.780. The minimum atomic E-state index is 0.274. The molecule has 0 amide bonds. The van der Waals surface area contributed by atoms with Gasteiger partial charge in [0.15, 0.2) is 0 Å². The number of fused-ring (bicyclic) bond motifs is 1. The lowest BCUT2D eigenvalue weighted by atomic mass is 9.81. The molecule has 4 rings (SSSR count). The number of aliphatic hydroxyl groups is 1. The standard InChI is InChI=1S/C16H15BrN4O/c17-12-1-2-14-15(5-12)18-7-16(20-14)11-6-19-21(8-11)13-3-10(4-13)9-22/h1-2,5-8,10,13,22H,3-4,9H2. The summed E-state index contributed by atoms with van der Waals surface area (Å²) in [6.45, 7) is 0.274. The van der Waals surface area contributed by atoms with E-state index in [0.29, 0.717) is 12.0 Å². The average molecular weight is 359 g/mol. The van der Waals surface area contributed by atoms with Gasteiger partial charge in [0.1, 0.15) is 0 Å². The molecule has 1 N–H and O–H groups in total. The van der Waals surface area contributed by atoms with Crippen LogP contribution in [0.15, 0.2) is 41.3 Å². The molecule has 5 nitrogen and oxygen atoms in total. The van der Waals surface area contributed by atoms with Crippen LogP contribution in [0.5, 0.6) is 0 Å². The first-order chi connectivity index (χ1) is 10.7. The number of hydrogen-bond acceptors (Lipinski definition) is 4. The monoisotopic (exact) mass is 358 g/mol. The second kappa shape index (κ2) is 5.44. The first kappa shape index (κ1) is 13.8. The van der Waals surface area contributed by atoms with Crippen LogP contribution < -0.4 is 0 Å². The van der Waals surface area contributed by atoms with Gasteiger partial charge >= 0.3 is 0 Å². The van der Waals surface area contributed by atoms with Crippen molar-refractivity contribution in [2.45, 2.75) is 18.9 Å². The summed E-state index contributed by atoms with van der Waals surface area (Å²) in [5.41, 5.74) is 3.55. The molecule has 1 aliphatic carbocycles. The lowest BCUT2D eigenvalue weighted by Gasteiger charge is -2.33. The molecule has 1 saturated carbocycles. The Labute approximate surface area is 136 Å². The van der Waals surface area contributed by atoms with Crippen molar-refractivity contribution in [2.75, 3.05) is 6.61 Å². The molecule has 2 heterocycles. The highest BCUT2D eigenvalue weighted by Crippen LogP contribution is 2.37. The van der Waals surface area contributed by atoms with Gasteiger partial charge < -0.3 is 5.11 Å². The van der Waals surface area contributed by atoms with Crippen LogP contribution in [0.3, 0.4) is 0 Å². The van der Waals surface area contributed by atoms with E-state index < -0.39 is 0 Å². The second-order valence-electron chi connectivity index (χ2n) is 5.77. The Morgan fingerprint density at radius 1 is 1.23 bits per heavy atom. The van der Waals surface area contributed by atoms with E-state index in [1.165, 1.54) is 0 Å². The van der Waals surface area contributed by atoms with Crippen LogP contribution in [0, 0.1) is 5.92 Å². The summed E-state index contributed by atoms with van der Waals surface area (Å²) in [5.74, 6) is 0.427. The molecule has 112 valence electrons. The fourth-order valence-electron chi connectivity index (χ4n) is 2.86. The summed E-state index contributed by atoms with van der Waals surface area (Å²) in [6.07, 6.45) is 7.63. The molecule has 1 aromatic carbocycles. The topological polar surface area (TPSA) is 63.8 Å². The maximum absolute atomic E-state index is 9.10. The molecule has 2 aromatic heterocycles. The van der Waals surface area contributed by atoms with Crippen molar-refractivity contribution in [1.82, 2.24) is 19.7 Å². The minimum absolute atomic E-state index is 0.274. The average Bonchev–Trinajstić information content (AvgIpc) is 2.95. The van der Waals surface area contributed by atoms with Crippen LogP contribution in [0.2, 0.25) is 0 Å². The number of hydrogen-bond donors (Lipinski definition) is 1. The lowest BCUT2D eigenvalue weighted by molar-refractivity contribution is 0.105. The number of nitrogens with zero attached hydrogens (tertiary/aromatic N) is 4. The molecule has 0 atom stereocenters. The third-order valence-corrected chi connectivity index (χ3v) is 4.74. The molecule has 0 spiro atoms. The smallest absolute Gasteiger partial charge is 0.0924 e. The van der Waals surface area contributed by atoms with Crippen LogP contribution in [0.4, 0.5) is 0 Å². The van der Waals surface area contributed by atoms with Crippen LogP contribution in [-0.2, 0) is 0 Å². The van der Waals surface area contributed by atoms with Gasteiger partial charge in [-0.2, -0.15) is 5.10 Å². The number of aliphatic hydroxyl groups excluding tert-OH is 1. The zero-order valence-corrected chi connectivity index (χ0v) is 13.4. The fraction of sp³-hybridized carbons (Fsp3) is 0.312. The molecule has 0 radical (unpaired) electrons. The highest BCUT2D eigenvalue weighted by atomic mass is 79.9. The second-order valence-corrected chi connectivity index (χ2v) is 6.69. The van der Waals surface area contributed by atoms with Crippen molar-refractivity contribution >= 4 is 27.0 Å². The largest absolute Gasteiger partial charge is 0.396 e. The first-order valence-electron chi connectivity index (χ1n) is 7.30. The summed E-state index contributed by atoms with van der Waals surface area (Å²) in [6, 6.07) is 6.28. The van der Waals surface area contributed by atoms with E-state index in [2.05, 4.69) is 31.0 Å². The number of halogens is 1. The number of aromatic nitrogens is 4. The van der Waals surface area contributed by atoms with Gasteiger partial charge in [-0.05, 0) is 37.0 Å². The molecular formula is C16H15BrN4O. The molecule has 0 saturated heterocycles. The van der Waals surface area contributed by atoms with E-state index in [9.17, 15) is 0 Å². The van der Waals surface area contributed by atoms with Crippen molar-refractivity contribution in [3.8, 4) is 11.3 Å². The van der Waals surface area contributed by atoms with Crippen molar-refractivity contribution in [1.29, 1.82) is 0 Å². The van der Waals surface area contributed by atoms with Gasteiger partial charge in [0.25, 0.3) is 0 Å². The van der Waals surface area contributed by atoms with Crippen LogP contribution in [0.25, 0.3) is 22.3 Å². The molecule has 6 heteroatoms. The summed E-state index contributed by atoms with van der Waals surface area (Å²) < 4.78 is 2.98. The summed E-state index contributed by atoms with van der Waals surface area (Å²) in [7, 11) is 0. The van der Waals surface area contributed by atoms with E-state index in [1.54, 1.807) is 6.20 Å². The Balaban J connectivity index is 1.62. The zero-order valence-electron chi connectivity index (χ0n) is 11.9. The van der Waals surface area contributed by atoms with Gasteiger partial charge in [-0.25, -0.2) is 4.98 Å². The van der Waals surface area contributed by atoms with Crippen molar-refractivity contribution in [2.24, 2.45) is 5.92 Å². The third kappa shape index (κ3) is 2.42. The van der Waals surface area contributed by atoms with Gasteiger partial charge in [-0.1, -0.05) is 15.9 Å². The third-order valence-electron chi connectivity index (χ3n) is 4.24. The highest BCUT2D eigenvalue weighted by Gasteiger charge is 2.30.